The van der Waals surface area contributed by atoms with Crippen LogP contribution in [-0.4, -0.2) is 51.1 Å². The molecule has 25 heavy (non-hydrogen) atoms. The lowest BCUT2D eigenvalue weighted by Crippen LogP contribution is -2.35. The van der Waals surface area contributed by atoms with Crippen LogP contribution in [-0.2, 0) is 11.3 Å². The van der Waals surface area contributed by atoms with Crippen molar-refractivity contribution in [3.05, 3.63) is 29.8 Å². The Kier molecular flexibility index (Phi) is 8.22. The van der Waals surface area contributed by atoms with E-state index in [2.05, 4.69) is 22.5 Å². The Morgan fingerprint density at radius 3 is 2.92 bits per heavy atom. The molecular weight excluding hydrogens is 314 g/mol. The van der Waals surface area contributed by atoms with Gasteiger partial charge >= 0.3 is 0 Å². The molecule has 2 atom stereocenters. The van der Waals surface area contributed by atoms with E-state index in [1.807, 2.05) is 38.4 Å². The number of hydrogen-bond acceptors (Lipinski definition) is 4. The lowest BCUT2D eigenvalue weighted by Gasteiger charge is -2.28. The first-order valence-electron chi connectivity index (χ1n) is 9.39. The lowest BCUT2D eigenvalue weighted by molar-refractivity contribution is -0.122. The highest BCUT2D eigenvalue weighted by molar-refractivity contribution is 5.76. The summed E-state index contributed by atoms with van der Waals surface area (Å²) < 4.78 is 5.86. The van der Waals surface area contributed by atoms with E-state index in [0.717, 1.165) is 30.9 Å². The van der Waals surface area contributed by atoms with Crippen molar-refractivity contribution in [2.24, 2.45) is 11.8 Å². The van der Waals surface area contributed by atoms with Gasteiger partial charge in [0.25, 0.3) is 0 Å². The van der Waals surface area contributed by atoms with Gasteiger partial charge in [-0.1, -0.05) is 25.1 Å². The van der Waals surface area contributed by atoms with Crippen LogP contribution < -0.4 is 15.4 Å². The van der Waals surface area contributed by atoms with Gasteiger partial charge in [-0.05, 0) is 57.9 Å². The molecule has 0 bridgehead atoms. The third kappa shape index (κ3) is 7.04. The van der Waals surface area contributed by atoms with Gasteiger partial charge in [0.15, 0.2) is 0 Å². The second-order valence-corrected chi connectivity index (χ2v) is 7.32. The molecule has 1 aliphatic heterocycles. The van der Waals surface area contributed by atoms with Crippen molar-refractivity contribution in [3.63, 3.8) is 0 Å². The topological polar surface area (TPSA) is 53.6 Å². The van der Waals surface area contributed by atoms with E-state index in [-0.39, 0.29) is 5.91 Å². The largest absolute Gasteiger partial charge is 0.492 e. The molecule has 1 saturated heterocycles. The predicted molar refractivity (Wildman–Crippen MR) is 102 cm³/mol. The molecule has 2 rings (SSSR count). The molecule has 5 nitrogen and oxygen atoms in total. The molecular formula is C20H33N3O2. The van der Waals surface area contributed by atoms with Crippen molar-refractivity contribution in [1.29, 1.82) is 0 Å². The summed E-state index contributed by atoms with van der Waals surface area (Å²) in [6.45, 7) is 6.37. The molecule has 0 saturated carbocycles. The molecule has 1 aromatic rings. The highest BCUT2D eigenvalue weighted by Crippen LogP contribution is 2.23. The molecule has 0 aliphatic carbocycles. The summed E-state index contributed by atoms with van der Waals surface area (Å²) in [4.78, 5) is 14.4. The number of hydrogen-bond donors (Lipinski definition) is 2. The summed E-state index contributed by atoms with van der Waals surface area (Å²) in [6, 6.07) is 7.93. The normalized spacial score (nSPS) is 18.8. The van der Waals surface area contributed by atoms with Gasteiger partial charge in [0.1, 0.15) is 12.4 Å². The summed E-state index contributed by atoms with van der Waals surface area (Å²) in [5, 5.41) is 6.49. The van der Waals surface area contributed by atoms with Crippen LogP contribution >= 0.6 is 0 Å². The number of piperidine rings is 1. The van der Waals surface area contributed by atoms with E-state index in [9.17, 15) is 4.79 Å². The Bertz CT molecular complexity index is 527. The first-order chi connectivity index (χ1) is 12.1. The SMILES string of the molecule is CC(CC(=O)NCc1ccccc1OCCN(C)C)C1CCCNC1. The molecule has 1 fully saturated rings. The van der Waals surface area contributed by atoms with Crippen LogP contribution in [0.2, 0.25) is 0 Å². The second kappa shape index (κ2) is 10.4. The van der Waals surface area contributed by atoms with Crippen LogP contribution in [0.25, 0.3) is 0 Å². The lowest BCUT2D eigenvalue weighted by atomic mass is 9.85. The van der Waals surface area contributed by atoms with Gasteiger partial charge in [-0.25, -0.2) is 0 Å². The molecule has 2 unspecified atom stereocenters. The minimum Gasteiger partial charge on any atom is -0.492 e. The molecule has 0 aromatic heterocycles. The van der Waals surface area contributed by atoms with Crippen molar-refractivity contribution >= 4 is 5.91 Å². The number of carbonyl (C=O) groups is 1. The van der Waals surface area contributed by atoms with Crippen LogP contribution in [0.3, 0.4) is 0 Å². The Hall–Kier alpha value is -1.59. The Morgan fingerprint density at radius 2 is 2.20 bits per heavy atom. The van der Waals surface area contributed by atoms with E-state index in [0.29, 0.717) is 31.4 Å². The zero-order valence-electron chi connectivity index (χ0n) is 15.9. The minimum atomic E-state index is 0.126. The molecule has 2 N–H and O–H groups in total. The number of nitrogens with one attached hydrogen (secondary N) is 2. The number of rotatable bonds is 9. The van der Waals surface area contributed by atoms with Crippen molar-refractivity contribution in [2.75, 3.05) is 40.3 Å². The maximum Gasteiger partial charge on any atom is 0.220 e. The number of amides is 1. The molecule has 1 heterocycles. The van der Waals surface area contributed by atoms with E-state index >= 15 is 0 Å². The summed E-state index contributed by atoms with van der Waals surface area (Å²) >= 11 is 0. The molecule has 1 amide bonds. The first kappa shape index (κ1) is 19.7. The third-order valence-corrected chi connectivity index (χ3v) is 4.89. The fourth-order valence-corrected chi connectivity index (χ4v) is 3.22. The summed E-state index contributed by atoms with van der Waals surface area (Å²) in [6.07, 6.45) is 3.04. The average molecular weight is 348 g/mol. The second-order valence-electron chi connectivity index (χ2n) is 7.32. The fourth-order valence-electron chi connectivity index (χ4n) is 3.22. The van der Waals surface area contributed by atoms with Crippen LogP contribution in [0.15, 0.2) is 24.3 Å². The van der Waals surface area contributed by atoms with Gasteiger partial charge in [-0.3, -0.25) is 4.79 Å². The van der Waals surface area contributed by atoms with Crippen molar-refractivity contribution in [3.8, 4) is 5.75 Å². The summed E-state index contributed by atoms with van der Waals surface area (Å²) in [5.74, 6) is 2.01. The number of benzene rings is 1. The van der Waals surface area contributed by atoms with E-state index in [1.165, 1.54) is 12.8 Å². The van der Waals surface area contributed by atoms with Gasteiger partial charge in [-0.15, -0.1) is 0 Å². The monoisotopic (exact) mass is 347 g/mol. The van der Waals surface area contributed by atoms with E-state index < -0.39 is 0 Å². The number of para-hydroxylation sites is 1. The van der Waals surface area contributed by atoms with Crippen LogP contribution in [0.4, 0.5) is 0 Å². The molecule has 0 radical (unpaired) electrons. The van der Waals surface area contributed by atoms with Gasteiger partial charge in [0.05, 0.1) is 0 Å². The maximum absolute atomic E-state index is 12.3. The van der Waals surface area contributed by atoms with Crippen LogP contribution in [0.1, 0.15) is 31.7 Å². The number of carbonyl (C=O) groups excluding carboxylic acids is 1. The van der Waals surface area contributed by atoms with Crippen molar-refractivity contribution in [2.45, 2.75) is 32.7 Å². The minimum absolute atomic E-state index is 0.126. The van der Waals surface area contributed by atoms with E-state index in [1.54, 1.807) is 0 Å². The van der Waals surface area contributed by atoms with Crippen molar-refractivity contribution < 1.29 is 9.53 Å². The Labute approximate surface area is 152 Å². The van der Waals surface area contributed by atoms with Gasteiger partial charge in [-0.2, -0.15) is 0 Å². The molecule has 140 valence electrons. The smallest absolute Gasteiger partial charge is 0.220 e. The zero-order chi connectivity index (χ0) is 18.1. The highest BCUT2D eigenvalue weighted by Gasteiger charge is 2.22. The van der Waals surface area contributed by atoms with Gasteiger partial charge in [0, 0.05) is 25.1 Å². The van der Waals surface area contributed by atoms with Crippen molar-refractivity contribution in [1.82, 2.24) is 15.5 Å². The Morgan fingerprint density at radius 1 is 1.40 bits per heavy atom. The Balaban J connectivity index is 1.78. The number of nitrogens with zero attached hydrogens (tertiary/aromatic N) is 1. The number of likely N-dealkylation sites (N-methyl/N-ethyl adjacent to an activating group) is 1. The molecule has 1 aromatic carbocycles. The maximum atomic E-state index is 12.3. The molecule has 0 spiro atoms. The predicted octanol–water partition coefficient (Wildman–Crippen LogP) is 2.27. The van der Waals surface area contributed by atoms with Gasteiger partial charge < -0.3 is 20.3 Å². The molecule has 5 heteroatoms. The highest BCUT2D eigenvalue weighted by atomic mass is 16.5. The molecule has 1 aliphatic rings. The average Bonchev–Trinajstić information content (AvgIpc) is 2.61. The first-order valence-corrected chi connectivity index (χ1v) is 9.39. The summed E-state index contributed by atoms with van der Waals surface area (Å²) in [5.41, 5.74) is 1.03. The quantitative estimate of drug-likeness (QED) is 0.719. The van der Waals surface area contributed by atoms with Gasteiger partial charge in [0.2, 0.25) is 5.91 Å². The number of ether oxygens (including phenoxy) is 1. The summed E-state index contributed by atoms with van der Waals surface area (Å²) in [7, 11) is 4.05. The van der Waals surface area contributed by atoms with Crippen LogP contribution in [0.5, 0.6) is 5.75 Å². The fraction of sp³-hybridized carbons (Fsp3) is 0.650. The standard InChI is InChI=1S/C20H33N3O2/c1-16(17-8-6-10-21-14-17)13-20(24)22-15-18-7-4-5-9-19(18)25-12-11-23(2)3/h4-5,7,9,16-17,21H,6,8,10-15H2,1-3H3,(H,22,24). The zero-order valence-corrected chi connectivity index (χ0v) is 15.9. The third-order valence-electron chi connectivity index (χ3n) is 4.89. The van der Waals surface area contributed by atoms with E-state index in [4.69, 9.17) is 4.74 Å². The van der Waals surface area contributed by atoms with Crippen LogP contribution in [0, 0.1) is 11.8 Å².